The molecule has 1 fully saturated rings. The highest BCUT2D eigenvalue weighted by atomic mass is 32.1. The summed E-state index contributed by atoms with van der Waals surface area (Å²) in [5, 5.41) is 10.9. The van der Waals surface area contributed by atoms with Crippen LogP contribution in [0, 0.1) is 12.8 Å². The number of piperidine rings is 1. The summed E-state index contributed by atoms with van der Waals surface area (Å²) >= 11 is 1.21. The van der Waals surface area contributed by atoms with Crippen molar-refractivity contribution in [3.05, 3.63) is 20.7 Å². The lowest BCUT2D eigenvalue weighted by Gasteiger charge is -2.31. The summed E-state index contributed by atoms with van der Waals surface area (Å²) in [6, 6.07) is 0. The van der Waals surface area contributed by atoms with Crippen LogP contribution in [-0.2, 0) is 11.3 Å². The van der Waals surface area contributed by atoms with Crippen molar-refractivity contribution in [3.8, 4) is 0 Å². The maximum Gasteiger partial charge on any atom is 0.307 e. The molecule has 0 saturated carbocycles. The van der Waals surface area contributed by atoms with Crippen molar-refractivity contribution in [2.75, 3.05) is 19.7 Å². The topological polar surface area (TPSA) is 62.5 Å². The number of aryl methyl sites for hydroxylation is 1. The summed E-state index contributed by atoms with van der Waals surface area (Å²) < 4.78 is 1.73. The van der Waals surface area contributed by atoms with E-state index in [-0.39, 0.29) is 17.4 Å². The van der Waals surface area contributed by atoms with Crippen LogP contribution in [0.1, 0.15) is 31.4 Å². The van der Waals surface area contributed by atoms with Crippen molar-refractivity contribution in [2.45, 2.75) is 39.2 Å². The molecule has 0 bridgehead atoms. The first-order chi connectivity index (χ1) is 9.61. The molecule has 0 unspecified atom stereocenters. The first-order valence-electron chi connectivity index (χ1n) is 7.15. The monoisotopic (exact) mass is 298 g/mol. The van der Waals surface area contributed by atoms with E-state index in [0.29, 0.717) is 25.3 Å². The van der Waals surface area contributed by atoms with Gasteiger partial charge in [-0.25, -0.2) is 0 Å². The largest absolute Gasteiger partial charge is 0.396 e. The van der Waals surface area contributed by atoms with Crippen molar-refractivity contribution in [2.24, 2.45) is 5.92 Å². The second-order valence-corrected chi connectivity index (χ2v) is 6.23. The summed E-state index contributed by atoms with van der Waals surface area (Å²) in [6.45, 7) is 4.26. The Morgan fingerprint density at radius 2 is 2.15 bits per heavy atom. The fourth-order valence-corrected chi connectivity index (χ4v) is 3.35. The predicted octanol–water partition coefficient (Wildman–Crippen LogP) is 1.23. The van der Waals surface area contributed by atoms with Gasteiger partial charge in [0.15, 0.2) is 0 Å². The zero-order valence-corrected chi connectivity index (χ0v) is 12.7. The first kappa shape index (κ1) is 15.3. The Morgan fingerprint density at radius 3 is 2.70 bits per heavy atom. The molecule has 1 N–H and O–H groups in total. The third-order valence-corrected chi connectivity index (χ3v) is 4.86. The van der Waals surface area contributed by atoms with Gasteiger partial charge in [-0.15, -0.1) is 0 Å². The van der Waals surface area contributed by atoms with Gasteiger partial charge in [0, 0.05) is 43.7 Å². The van der Waals surface area contributed by atoms with Crippen LogP contribution in [0.4, 0.5) is 0 Å². The van der Waals surface area contributed by atoms with Crippen LogP contribution in [0.15, 0.2) is 10.2 Å². The van der Waals surface area contributed by atoms with E-state index in [2.05, 4.69) is 0 Å². The molecule has 20 heavy (non-hydrogen) atoms. The minimum atomic E-state index is 0.0544. The molecule has 0 radical (unpaired) electrons. The number of aliphatic hydroxyl groups excluding tert-OH is 1. The fraction of sp³-hybridized carbons (Fsp3) is 0.714. The van der Waals surface area contributed by atoms with E-state index in [1.807, 2.05) is 17.2 Å². The normalized spacial score (nSPS) is 16.6. The van der Waals surface area contributed by atoms with Crippen molar-refractivity contribution < 1.29 is 9.90 Å². The fourth-order valence-electron chi connectivity index (χ4n) is 2.59. The number of aromatic nitrogens is 1. The number of likely N-dealkylation sites (tertiary alicyclic amines) is 1. The summed E-state index contributed by atoms with van der Waals surface area (Å²) in [7, 11) is 0. The zero-order chi connectivity index (χ0) is 14.5. The standard InChI is InChI=1S/C14H22N2O3S/c1-11-10-20-14(19)16(11)6-2-3-13(18)15-7-4-12(9-17)5-8-15/h10,12,17H,2-9H2,1H3. The Kier molecular flexibility index (Phi) is 5.37. The average molecular weight is 298 g/mol. The number of amides is 1. The van der Waals surface area contributed by atoms with Crippen molar-refractivity contribution in [1.82, 2.24) is 9.47 Å². The molecule has 112 valence electrons. The van der Waals surface area contributed by atoms with Gasteiger partial charge in [-0.1, -0.05) is 11.3 Å². The van der Waals surface area contributed by atoms with Gasteiger partial charge in [0.2, 0.25) is 5.91 Å². The molecule has 1 aliphatic rings. The van der Waals surface area contributed by atoms with Crippen LogP contribution < -0.4 is 4.87 Å². The number of carbonyl (C=O) groups excluding carboxylic acids is 1. The highest BCUT2D eigenvalue weighted by Gasteiger charge is 2.21. The quantitative estimate of drug-likeness (QED) is 0.889. The Balaban J connectivity index is 1.75. The second-order valence-electron chi connectivity index (χ2n) is 5.40. The molecule has 0 aromatic carbocycles. The van der Waals surface area contributed by atoms with E-state index in [4.69, 9.17) is 5.11 Å². The van der Waals surface area contributed by atoms with E-state index in [1.54, 1.807) is 4.57 Å². The average Bonchev–Trinajstić information content (AvgIpc) is 2.79. The van der Waals surface area contributed by atoms with Gasteiger partial charge >= 0.3 is 4.87 Å². The highest BCUT2D eigenvalue weighted by molar-refractivity contribution is 7.07. The molecule has 5 nitrogen and oxygen atoms in total. The molecule has 6 heteroatoms. The lowest BCUT2D eigenvalue weighted by Crippen LogP contribution is -2.39. The molecule has 1 aromatic heterocycles. The second kappa shape index (κ2) is 7.04. The van der Waals surface area contributed by atoms with Crippen LogP contribution in [0.5, 0.6) is 0 Å². The number of hydrogen-bond acceptors (Lipinski definition) is 4. The molecule has 1 saturated heterocycles. The number of thiazole rings is 1. The lowest BCUT2D eigenvalue weighted by molar-refractivity contribution is -0.132. The Bertz CT molecular complexity index is 501. The van der Waals surface area contributed by atoms with E-state index in [1.165, 1.54) is 11.3 Å². The third-order valence-electron chi connectivity index (χ3n) is 3.97. The molecule has 1 amide bonds. The third kappa shape index (κ3) is 3.70. The van der Waals surface area contributed by atoms with Crippen molar-refractivity contribution >= 4 is 17.2 Å². The SMILES string of the molecule is Cc1csc(=O)n1CCCC(=O)N1CCC(CO)CC1. The van der Waals surface area contributed by atoms with Gasteiger partial charge in [-0.05, 0) is 32.1 Å². The minimum absolute atomic E-state index is 0.0544. The van der Waals surface area contributed by atoms with E-state index < -0.39 is 0 Å². The smallest absolute Gasteiger partial charge is 0.307 e. The molecule has 1 aliphatic heterocycles. The van der Waals surface area contributed by atoms with Gasteiger partial charge in [0.1, 0.15) is 0 Å². The maximum atomic E-state index is 12.1. The molecule has 2 rings (SSSR count). The number of rotatable bonds is 5. The zero-order valence-electron chi connectivity index (χ0n) is 11.9. The molecular weight excluding hydrogens is 276 g/mol. The van der Waals surface area contributed by atoms with Gasteiger partial charge in [0.25, 0.3) is 0 Å². The molecule has 1 aromatic rings. The van der Waals surface area contributed by atoms with Crippen LogP contribution in [-0.4, -0.2) is 40.2 Å². The summed E-state index contributed by atoms with van der Waals surface area (Å²) in [6.07, 6.45) is 2.98. The number of carbonyl (C=O) groups is 1. The van der Waals surface area contributed by atoms with Crippen LogP contribution in [0.2, 0.25) is 0 Å². The first-order valence-corrected chi connectivity index (χ1v) is 8.03. The minimum Gasteiger partial charge on any atom is -0.396 e. The summed E-state index contributed by atoms with van der Waals surface area (Å²) in [4.78, 5) is 25.6. The van der Waals surface area contributed by atoms with Crippen LogP contribution in [0.25, 0.3) is 0 Å². The Labute approximate surface area is 122 Å². The van der Waals surface area contributed by atoms with Gasteiger partial charge < -0.3 is 14.6 Å². The van der Waals surface area contributed by atoms with Crippen LogP contribution >= 0.6 is 11.3 Å². The van der Waals surface area contributed by atoms with E-state index >= 15 is 0 Å². The summed E-state index contributed by atoms with van der Waals surface area (Å²) in [5.74, 6) is 0.522. The van der Waals surface area contributed by atoms with E-state index in [0.717, 1.165) is 31.6 Å². The number of aliphatic hydroxyl groups is 1. The van der Waals surface area contributed by atoms with Crippen molar-refractivity contribution in [1.29, 1.82) is 0 Å². The Hall–Kier alpha value is -1.14. The van der Waals surface area contributed by atoms with Crippen LogP contribution in [0.3, 0.4) is 0 Å². The lowest BCUT2D eigenvalue weighted by atomic mass is 9.97. The van der Waals surface area contributed by atoms with E-state index in [9.17, 15) is 9.59 Å². The van der Waals surface area contributed by atoms with Gasteiger partial charge in [0.05, 0.1) is 0 Å². The predicted molar refractivity (Wildman–Crippen MR) is 78.9 cm³/mol. The number of nitrogens with zero attached hydrogens (tertiary/aromatic N) is 2. The maximum absolute atomic E-state index is 12.1. The summed E-state index contributed by atoms with van der Waals surface area (Å²) in [5.41, 5.74) is 0.969. The highest BCUT2D eigenvalue weighted by Crippen LogP contribution is 2.17. The molecule has 0 aliphatic carbocycles. The molecule has 2 heterocycles. The molecular formula is C14H22N2O3S. The Morgan fingerprint density at radius 1 is 1.45 bits per heavy atom. The van der Waals surface area contributed by atoms with Gasteiger partial charge in [-0.2, -0.15) is 0 Å². The van der Waals surface area contributed by atoms with Crippen molar-refractivity contribution in [3.63, 3.8) is 0 Å². The number of hydrogen-bond donors (Lipinski definition) is 1. The molecule has 0 spiro atoms. The van der Waals surface area contributed by atoms with Gasteiger partial charge in [-0.3, -0.25) is 9.59 Å². The molecule has 0 atom stereocenters.